The first kappa shape index (κ1) is 24.1. The Morgan fingerprint density at radius 1 is 1.09 bits per heavy atom. The Labute approximate surface area is 213 Å². The Morgan fingerprint density at radius 3 is 2.50 bits per heavy atom. The largest absolute Gasteiger partial charge is 0.493 e. The van der Waals surface area contributed by atoms with Crippen LogP contribution >= 0.6 is 39.3 Å². The minimum absolute atomic E-state index is 0.0864. The molecule has 0 radical (unpaired) electrons. The summed E-state index contributed by atoms with van der Waals surface area (Å²) in [5.74, 6) is -0.446. The Balaban J connectivity index is 1.57. The molecular weight excluding hydrogens is 542 g/mol. The second-order valence-electron chi connectivity index (χ2n) is 7.15. The van der Waals surface area contributed by atoms with E-state index in [9.17, 15) is 14.4 Å². The number of amides is 2. The highest BCUT2D eigenvalue weighted by Gasteiger charge is 2.35. The number of methoxy groups -OCH3 is 1. The van der Waals surface area contributed by atoms with Gasteiger partial charge in [-0.15, -0.1) is 0 Å². The van der Waals surface area contributed by atoms with Crippen molar-refractivity contribution in [2.45, 2.75) is 6.54 Å². The van der Waals surface area contributed by atoms with Crippen LogP contribution in [0.3, 0.4) is 0 Å². The van der Waals surface area contributed by atoms with Gasteiger partial charge in [-0.05, 0) is 75.2 Å². The van der Waals surface area contributed by atoms with Crippen LogP contribution in [-0.2, 0) is 11.3 Å². The van der Waals surface area contributed by atoms with E-state index in [1.807, 2.05) is 0 Å². The first-order valence-electron chi connectivity index (χ1n) is 10.0. The molecule has 0 spiro atoms. The van der Waals surface area contributed by atoms with E-state index in [1.165, 1.54) is 7.11 Å². The normalized spacial score (nSPS) is 14.6. The van der Waals surface area contributed by atoms with E-state index in [1.54, 1.807) is 72.8 Å². The molecule has 6 nitrogen and oxygen atoms in total. The number of carbonyl (C=O) groups excluding carboxylic acids is 3. The minimum atomic E-state index is -0.534. The van der Waals surface area contributed by atoms with Crippen molar-refractivity contribution in [3.05, 3.63) is 97.8 Å². The molecule has 0 atom stereocenters. The van der Waals surface area contributed by atoms with Crippen molar-refractivity contribution in [2.24, 2.45) is 0 Å². The highest BCUT2D eigenvalue weighted by atomic mass is 79.9. The van der Waals surface area contributed by atoms with Crippen LogP contribution in [-0.4, -0.2) is 29.1 Å². The minimum Gasteiger partial charge on any atom is -0.493 e. The molecule has 2 amide bonds. The standard InChI is InChI=1S/C25H17BrClNO5S/c1-32-20-12-15(11-18(26)22(20)33-24(30)16-7-3-2-4-8-16)13-21-23(29)28(25(31)34-21)14-17-9-5-6-10-19(17)27/h2-13H,14H2,1H3/b21-13-. The van der Waals surface area contributed by atoms with Gasteiger partial charge in [-0.2, -0.15) is 0 Å². The van der Waals surface area contributed by atoms with Crippen LogP contribution < -0.4 is 9.47 Å². The Hall–Kier alpha value is -3.07. The van der Waals surface area contributed by atoms with Gasteiger partial charge in [0.05, 0.1) is 28.6 Å². The van der Waals surface area contributed by atoms with Crippen molar-refractivity contribution >= 4 is 62.5 Å². The second-order valence-corrected chi connectivity index (χ2v) is 9.40. The quantitative estimate of drug-likeness (QED) is 0.194. The lowest BCUT2D eigenvalue weighted by Crippen LogP contribution is -2.27. The van der Waals surface area contributed by atoms with Crippen LogP contribution in [0.1, 0.15) is 21.5 Å². The number of hydrogen-bond acceptors (Lipinski definition) is 6. The topological polar surface area (TPSA) is 72.9 Å². The highest BCUT2D eigenvalue weighted by molar-refractivity contribution is 9.10. The van der Waals surface area contributed by atoms with E-state index in [-0.39, 0.29) is 22.4 Å². The van der Waals surface area contributed by atoms with E-state index in [4.69, 9.17) is 21.1 Å². The molecule has 1 aliphatic rings. The zero-order valence-corrected chi connectivity index (χ0v) is 20.9. The summed E-state index contributed by atoms with van der Waals surface area (Å²) in [6, 6.07) is 18.9. The molecule has 1 fully saturated rings. The van der Waals surface area contributed by atoms with Crippen molar-refractivity contribution in [3.8, 4) is 11.5 Å². The Kier molecular flexibility index (Phi) is 7.41. The van der Waals surface area contributed by atoms with Gasteiger partial charge in [-0.25, -0.2) is 4.79 Å². The van der Waals surface area contributed by atoms with Crippen LogP contribution in [0.5, 0.6) is 11.5 Å². The van der Waals surface area contributed by atoms with E-state index >= 15 is 0 Å². The van der Waals surface area contributed by atoms with Gasteiger partial charge in [-0.1, -0.05) is 48.0 Å². The van der Waals surface area contributed by atoms with Crippen LogP contribution in [0.25, 0.3) is 6.08 Å². The lowest BCUT2D eigenvalue weighted by atomic mass is 10.1. The Bertz CT molecular complexity index is 1310. The zero-order chi connectivity index (χ0) is 24.2. The van der Waals surface area contributed by atoms with Crippen molar-refractivity contribution in [2.75, 3.05) is 7.11 Å². The lowest BCUT2D eigenvalue weighted by molar-refractivity contribution is -0.123. The molecule has 0 saturated carbocycles. The smallest absolute Gasteiger partial charge is 0.343 e. The summed E-state index contributed by atoms with van der Waals surface area (Å²) >= 11 is 10.4. The third kappa shape index (κ3) is 5.19. The summed E-state index contributed by atoms with van der Waals surface area (Å²) in [7, 11) is 1.45. The number of rotatable bonds is 6. The van der Waals surface area contributed by atoms with Crippen LogP contribution in [0.4, 0.5) is 4.79 Å². The molecule has 3 aromatic rings. The zero-order valence-electron chi connectivity index (χ0n) is 17.8. The molecule has 1 saturated heterocycles. The maximum absolute atomic E-state index is 12.9. The maximum atomic E-state index is 12.9. The molecule has 4 rings (SSSR count). The molecule has 172 valence electrons. The number of esters is 1. The number of benzene rings is 3. The molecular formula is C25H17BrClNO5S. The fraction of sp³-hybridized carbons (Fsp3) is 0.0800. The number of halogens is 2. The van der Waals surface area contributed by atoms with Gasteiger partial charge in [-0.3, -0.25) is 14.5 Å². The summed E-state index contributed by atoms with van der Waals surface area (Å²) in [6.45, 7) is 0.0864. The second kappa shape index (κ2) is 10.5. The van der Waals surface area contributed by atoms with E-state index in [0.717, 1.165) is 16.7 Å². The molecule has 9 heteroatoms. The molecule has 1 heterocycles. The van der Waals surface area contributed by atoms with Gasteiger partial charge >= 0.3 is 5.97 Å². The van der Waals surface area contributed by atoms with E-state index < -0.39 is 11.9 Å². The average molecular weight is 559 g/mol. The molecule has 34 heavy (non-hydrogen) atoms. The van der Waals surface area contributed by atoms with Crippen LogP contribution in [0.15, 0.2) is 76.1 Å². The number of hydrogen-bond donors (Lipinski definition) is 0. The predicted molar refractivity (Wildman–Crippen MR) is 135 cm³/mol. The molecule has 3 aromatic carbocycles. The third-order valence-electron chi connectivity index (χ3n) is 4.91. The SMILES string of the molecule is COc1cc(/C=C2\SC(=O)N(Cc3ccccc3Cl)C2=O)cc(Br)c1OC(=O)c1ccccc1. The first-order valence-corrected chi connectivity index (χ1v) is 12.0. The number of ether oxygens (including phenoxy) is 2. The van der Waals surface area contributed by atoms with Gasteiger partial charge < -0.3 is 9.47 Å². The maximum Gasteiger partial charge on any atom is 0.343 e. The monoisotopic (exact) mass is 557 g/mol. The van der Waals surface area contributed by atoms with Gasteiger partial charge in [0.2, 0.25) is 0 Å². The molecule has 0 aliphatic carbocycles. The number of imide groups is 1. The van der Waals surface area contributed by atoms with Gasteiger partial charge in [0.1, 0.15) is 0 Å². The lowest BCUT2D eigenvalue weighted by Gasteiger charge is -2.13. The van der Waals surface area contributed by atoms with E-state index in [0.29, 0.717) is 31.9 Å². The van der Waals surface area contributed by atoms with Crippen molar-refractivity contribution in [1.82, 2.24) is 4.90 Å². The molecule has 0 bridgehead atoms. The summed E-state index contributed by atoms with van der Waals surface area (Å²) in [4.78, 5) is 39.3. The third-order valence-corrected chi connectivity index (χ3v) is 6.78. The first-order chi connectivity index (χ1) is 16.4. The van der Waals surface area contributed by atoms with E-state index in [2.05, 4.69) is 15.9 Å². The number of thioether (sulfide) groups is 1. The summed E-state index contributed by atoms with van der Waals surface area (Å²) in [5.41, 5.74) is 1.67. The number of nitrogens with zero attached hydrogens (tertiary/aromatic N) is 1. The van der Waals surface area contributed by atoms with Gasteiger partial charge in [0.15, 0.2) is 11.5 Å². The van der Waals surface area contributed by atoms with Gasteiger partial charge in [0, 0.05) is 5.02 Å². The average Bonchev–Trinajstić information content (AvgIpc) is 3.09. The Morgan fingerprint density at radius 2 is 1.79 bits per heavy atom. The fourth-order valence-electron chi connectivity index (χ4n) is 3.23. The van der Waals surface area contributed by atoms with Gasteiger partial charge in [0.25, 0.3) is 11.1 Å². The summed E-state index contributed by atoms with van der Waals surface area (Å²) in [6.07, 6.45) is 1.59. The van der Waals surface area contributed by atoms with Crippen molar-refractivity contribution < 1.29 is 23.9 Å². The molecule has 0 N–H and O–H groups in total. The molecule has 0 aromatic heterocycles. The number of carbonyl (C=O) groups is 3. The summed E-state index contributed by atoms with van der Waals surface area (Å²) in [5, 5.41) is 0.107. The fourth-order valence-corrected chi connectivity index (χ4v) is 4.81. The van der Waals surface area contributed by atoms with Crippen molar-refractivity contribution in [3.63, 3.8) is 0 Å². The molecule has 1 aliphatic heterocycles. The van der Waals surface area contributed by atoms with Crippen LogP contribution in [0, 0.1) is 0 Å². The highest BCUT2D eigenvalue weighted by Crippen LogP contribution is 2.40. The molecule has 0 unspecified atom stereocenters. The van der Waals surface area contributed by atoms with Crippen LogP contribution in [0.2, 0.25) is 5.02 Å². The summed E-state index contributed by atoms with van der Waals surface area (Å²) < 4.78 is 11.4. The van der Waals surface area contributed by atoms with Crippen molar-refractivity contribution in [1.29, 1.82) is 0 Å². The predicted octanol–water partition coefficient (Wildman–Crippen LogP) is 6.57.